The van der Waals surface area contributed by atoms with Crippen LogP contribution >= 0.6 is 11.8 Å². The summed E-state index contributed by atoms with van der Waals surface area (Å²) in [5.74, 6) is 1.82. The first-order chi connectivity index (χ1) is 13.7. The molecule has 1 aliphatic rings. The molecule has 1 amide bonds. The molecule has 0 aliphatic carbocycles. The van der Waals surface area contributed by atoms with Gasteiger partial charge in [0.15, 0.2) is 5.82 Å². The number of thioether (sulfide) groups is 1. The second-order valence-electron chi connectivity index (χ2n) is 6.72. The van der Waals surface area contributed by atoms with Gasteiger partial charge in [-0.2, -0.15) is 0 Å². The Morgan fingerprint density at radius 3 is 2.61 bits per heavy atom. The fraction of sp³-hybridized carbons (Fsp3) is 0.227. The molecule has 142 valence electrons. The van der Waals surface area contributed by atoms with Crippen molar-refractivity contribution in [2.45, 2.75) is 30.7 Å². The van der Waals surface area contributed by atoms with Crippen molar-refractivity contribution < 1.29 is 4.79 Å². The van der Waals surface area contributed by atoms with Crippen molar-refractivity contribution >= 4 is 29.4 Å². The summed E-state index contributed by atoms with van der Waals surface area (Å²) in [6.45, 7) is 0.971. The van der Waals surface area contributed by atoms with E-state index in [9.17, 15) is 4.79 Å². The summed E-state index contributed by atoms with van der Waals surface area (Å²) in [7, 11) is 0. The van der Waals surface area contributed by atoms with Crippen LogP contribution in [-0.2, 0) is 17.8 Å². The molecule has 0 fully saturated rings. The van der Waals surface area contributed by atoms with Gasteiger partial charge in [-0.25, -0.2) is 0 Å². The lowest BCUT2D eigenvalue weighted by Crippen LogP contribution is -2.11. The Bertz CT molecular complexity index is 990. The SMILES string of the molecule is CSc1ccc(/C=C/C(=O)Nc2ccc(-c3nnc4n3CCCC4)cc2)cc1. The third kappa shape index (κ3) is 4.17. The highest BCUT2D eigenvalue weighted by Crippen LogP contribution is 2.24. The van der Waals surface area contributed by atoms with E-state index in [1.165, 1.54) is 17.7 Å². The molecular weight excluding hydrogens is 368 g/mol. The monoisotopic (exact) mass is 390 g/mol. The van der Waals surface area contributed by atoms with Gasteiger partial charge in [-0.1, -0.05) is 12.1 Å². The summed E-state index contributed by atoms with van der Waals surface area (Å²) >= 11 is 1.70. The minimum Gasteiger partial charge on any atom is -0.323 e. The Hall–Kier alpha value is -2.86. The van der Waals surface area contributed by atoms with Gasteiger partial charge in [0.05, 0.1) is 0 Å². The number of benzene rings is 2. The number of aryl methyl sites for hydroxylation is 1. The van der Waals surface area contributed by atoms with Crippen molar-refractivity contribution in [1.29, 1.82) is 0 Å². The van der Waals surface area contributed by atoms with Crippen LogP contribution in [0.4, 0.5) is 5.69 Å². The molecule has 2 heterocycles. The predicted octanol–water partition coefficient (Wildman–Crippen LogP) is 4.66. The molecule has 0 radical (unpaired) electrons. The second-order valence-corrected chi connectivity index (χ2v) is 7.60. The third-order valence-corrected chi connectivity index (χ3v) is 5.56. The minimum absolute atomic E-state index is 0.151. The Labute approximate surface area is 168 Å². The molecule has 0 unspecified atom stereocenters. The Balaban J connectivity index is 1.40. The smallest absolute Gasteiger partial charge is 0.248 e. The molecule has 28 heavy (non-hydrogen) atoms. The predicted molar refractivity (Wildman–Crippen MR) is 114 cm³/mol. The molecule has 6 heteroatoms. The average Bonchev–Trinajstić information content (AvgIpc) is 3.17. The first-order valence-corrected chi connectivity index (χ1v) is 10.6. The maximum Gasteiger partial charge on any atom is 0.248 e. The Morgan fingerprint density at radius 1 is 1.07 bits per heavy atom. The molecule has 4 rings (SSSR count). The first kappa shape index (κ1) is 18.5. The van der Waals surface area contributed by atoms with Gasteiger partial charge >= 0.3 is 0 Å². The lowest BCUT2D eigenvalue weighted by atomic mass is 10.1. The van der Waals surface area contributed by atoms with Gasteiger partial charge in [-0.05, 0) is 67.1 Å². The molecule has 0 atom stereocenters. The molecule has 0 spiro atoms. The fourth-order valence-electron chi connectivity index (χ4n) is 3.30. The van der Waals surface area contributed by atoms with E-state index in [4.69, 9.17) is 0 Å². The van der Waals surface area contributed by atoms with Crippen LogP contribution in [0.3, 0.4) is 0 Å². The van der Waals surface area contributed by atoms with Crippen LogP contribution in [0.1, 0.15) is 24.2 Å². The van der Waals surface area contributed by atoms with Crippen molar-refractivity contribution in [1.82, 2.24) is 14.8 Å². The minimum atomic E-state index is -0.151. The number of aromatic nitrogens is 3. The largest absolute Gasteiger partial charge is 0.323 e. The number of hydrogen-bond acceptors (Lipinski definition) is 4. The third-order valence-electron chi connectivity index (χ3n) is 4.81. The molecule has 3 aromatic rings. The number of nitrogens with zero attached hydrogens (tertiary/aromatic N) is 3. The Kier molecular flexibility index (Phi) is 5.58. The van der Waals surface area contributed by atoms with E-state index in [0.29, 0.717) is 0 Å². The van der Waals surface area contributed by atoms with Crippen LogP contribution in [-0.4, -0.2) is 26.9 Å². The fourth-order valence-corrected chi connectivity index (χ4v) is 3.70. The van der Waals surface area contributed by atoms with E-state index in [1.807, 2.05) is 60.9 Å². The topological polar surface area (TPSA) is 59.8 Å². The van der Waals surface area contributed by atoms with E-state index in [-0.39, 0.29) is 5.91 Å². The van der Waals surface area contributed by atoms with E-state index < -0.39 is 0 Å². The van der Waals surface area contributed by atoms with Gasteiger partial charge in [-0.3, -0.25) is 4.79 Å². The normalized spacial score (nSPS) is 13.5. The molecule has 5 nitrogen and oxygen atoms in total. The van der Waals surface area contributed by atoms with Crippen LogP contribution in [0.5, 0.6) is 0 Å². The number of carbonyl (C=O) groups is 1. The van der Waals surface area contributed by atoms with Crippen LogP contribution in [0.25, 0.3) is 17.5 Å². The number of anilines is 1. The zero-order valence-electron chi connectivity index (χ0n) is 15.8. The highest BCUT2D eigenvalue weighted by molar-refractivity contribution is 7.98. The summed E-state index contributed by atoms with van der Waals surface area (Å²) < 4.78 is 2.20. The number of hydrogen-bond donors (Lipinski definition) is 1. The maximum absolute atomic E-state index is 12.2. The molecule has 1 N–H and O–H groups in total. The van der Waals surface area contributed by atoms with Crippen LogP contribution in [0, 0.1) is 0 Å². The zero-order chi connectivity index (χ0) is 19.3. The van der Waals surface area contributed by atoms with Crippen molar-refractivity contribution in [3.05, 3.63) is 66.0 Å². The molecule has 1 aliphatic heterocycles. The number of fused-ring (bicyclic) bond motifs is 1. The lowest BCUT2D eigenvalue weighted by molar-refractivity contribution is -0.111. The lowest BCUT2D eigenvalue weighted by Gasteiger charge is -2.14. The average molecular weight is 391 g/mol. The number of nitrogens with one attached hydrogen (secondary N) is 1. The first-order valence-electron chi connectivity index (χ1n) is 9.38. The van der Waals surface area contributed by atoms with Crippen molar-refractivity contribution in [3.63, 3.8) is 0 Å². The van der Waals surface area contributed by atoms with Gasteiger partial charge < -0.3 is 9.88 Å². The van der Waals surface area contributed by atoms with E-state index >= 15 is 0 Å². The molecule has 0 bridgehead atoms. The summed E-state index contributed by atoms with van der Waals surface area (Å²) in [6, 6.07) is 15.9. The second kappa shape index (κ2) is 8.44. The van der Waals surface area contributed by atoms with E-state index in [0.717, 1.165) is 41.4 Å². The Morgan fingerprint density at radius 2 is 1.86 bits per heavy atom. The molecule has 0 saturated carbocycles. The summed E-state index contributed by atoms with van der Waals surface area (Å²) in [6.07, 6.45) is 8.75. The summed E-state index contributed by atoms with van der Waals surface area (Å²) in [5.41, 5.74) is 2.78. The molecule has 2 aromatic carbocycles. The van der Waals surface area contributed by atoms with Gasteiger partial charge in [-0.15, -0.1) is 22.0 Å². The van der Waals surface area contributed by atoms with Gasteiger partial charge in [0, 0.05) is 35.2 Å². The maximum atomic E-state index is 12.2. The van der Waals surface area contributed by atoms with E-state index in [2.05, 4.69) is 20.1 Å². The van der Waals surface area contributed by atoms with Crippen molar-refractivity contribution in [2.75, 3.05) is 11.6 Å². The quantitative estimate of drug-likeness (QED) is 0.509. The van der Waals surface area contributed by atoms with Gasteiger partial charge in [0.1, 0.15) is 5.82 Å². The van der Waals surface area contributed by atoms with Crippen LogP contribution in [0.2, 0.25) is 0 Å². The highest BCUT2D eigenvalue weighted by atomic mass is 32.2. The van der Waals surface area contributed by atoms with Gasteiger partial charge in [0.2, 0.25) is 5.91 Å². The van der Waals surface area contributed by atoms with Crippen LogP contribution < -0.4 is 5.32 Å². The number of amides is 1. The van der Waals surface area contributed by atoms with Crippen molar-refractivity contribution in [2.24, 2.45) is 0 Å². The zero-order valence-corrected chi connectivity index (χ0v) is 16.6. The molecular formula is C22H22N4OS. The summed E-state index contributed by atoms with van der Waals surface area (Å²) in [4.78, 5) is 13.4. The molecule has 0 saturated heterocycles. The molecule has 1 aromatic heterocycles. The highest BCUT2D eigenvalue weighted by Gasteiger charge is 2.16. The van der Waals surface area contributed by atoms with Gasteiger partial charge in [0.25, 0.3) is 0 Å². The van der Waals surface area contributed by atoms with Crippen LogP contribution in [0.15, 0.2) is 59.5 Å². The number of rotatable bonds is 5. The standard InChI is InChI=1S/C22H22N4OS/c1-28-19-12-5-16(6-13-19)7-14-21(27)23-18-10-8-17(9-11-18)22-25-24-20-4-2-3-15-26(20)22/h5-14H,2-4,15H2,1H3,(H,23,27)/b14-7+. The summed E-state index contributed by atoms with van der Waals surface area (Å²) in [5, 5.41) is 11.5. The van der Waals surface area contributed by atoms with E-state index in [1.54, 1.807) is 17.8 Å². The van der Waals surface area contributed by atoms with Crippen molar-refractivity contribution in [3.8, 4) is 11.4 Å². The number of carbonyl (C=O) groups excluding carboxylic acids is 1.